The molecule has 1 fully saturated rings. The highest BCUT2D eigenvalue weighted by Crippen LogP contribution is 2.33. The number of hydrogen-bond donors (Lipinski definition) is 1. The lowest BCUT2D eigenvalue weighted by atomic mass is 10.1. The third-order valence-corrected chi connectivity index (χ3v) is 4.45. The molecule has 0 spiro atoms. The summed E-state index contributed by atoms with van der Waals surface area (Å²) in [6, 6.07) is 6.02. The van der Waals surface area contributed by atoms with E-state index >= 15 is 0 Å². The van der Waals surface area contributed by atoms with Gasteiger partial charge in [0.15, 0.2) is 5.69 Å². The highest BCUT2D eigenvalue weighted by atomic mass is 19.4. The number of aromatic nitrogens is 2. The van der Waals surface area contributed by atoms with Gasteiger partial charge < -0.3 is 5.32 Å². The number of carbonyl (C=O) groups excluding carboxylic acids is 1. The summed E-state index contributed by atoms with van der Waals surface area (Å²) >= 11 is 0. The zero-order chi connectivity index (χ0) is 18.9. The third kappa shape index (κ3) is 3.63. The van der Waals surface area contributed by atoms with E-state index in [0.29, 0.717) is 0 Å². The van der Waals surface area contributed by atoms with Crippen LogP contribution >= 0.6 is 0 Å². The summed E-state index contributed by atoms with van der Waals surface area (Å²) in [6.45, 7) is 1.47. The molecule has 0 atom stereocenters. The maximum absolute atomic E-state index is 13.3. The molecule has 1 N–H and O–H groups in total. The number of rotatable bonds is 3. The van der Waals surface area contributed by atoms with Crippen LogP contribution in [0.1, 0.15) is 47.4 Å². The van der Waals surface area contributed by atoms with E-state index in [4.69, 9.17) is 0 Å². The Morgan fingerprint density at radius 1 is 1.23 bits per heavy atom. The van der Waals surface area contributed by atoms with Crippen LogP contribution in [0.5, 0.6) is 0 Å². The van der Waals surface area contributed by atoms with Gasteiger partial charge in [0.2, 0.25) is 5.43 Å². The number of para-hydroxylation sites is 1. The minimum atomic E-state index is -4.58. The predicted molar refractivity (Wildman–Crippen MR) is 89.3 cm³/mol. The molecular formula is C18H18F3N3O2. The maximum Gasteiger partial charge on any atom is 0.418 e. The first-order valence-electron chi connectivity index (χ1n) is 8.36. The Kier molecular flexibility index (Phi) is 4.84. The molecule has 1 heterocycles. The van der Waals surface area contributed by atoms with E-state index in [1.165, 1.54) is 25.1 Å². The Hall–Kier alpha value is -2.64. The molecule has 138 valence electrons. The van der Waals surface area contributed by atoms with Gasteiger partial charge in [0, 0.05) is 17.8 Å². The second kappa shape index (κ2) is 6.93. The third-order valence-electron chi connectivity index (χ3n) is 4.45. The van der Waals surface area contributed by atoms with Crippen molar-refractivity contribution < 1.29 is 18.0 Å². The average molecular weight is 365 g/mol. The van der Waals surface area contributed by atoms with E-state index in [2.05, 4.69) is 10.4 Å². The monoisotopic (exact) mass is 365 g/mol. The molecule has 2 aromatic rings. The number of nitrogens with zero attached hydrogens (tertiary/aromatic N) is 2. The molecule has 1 amide bonds. The van der Waals surface area contributed by atoms with E-state index in [-0.39, 0.29) is 17.4 Å². The van der Waals surface area contributed by atoms with Crippen molar-refractivity contribution in [1.29, 1.82) is 0 Å². The van der Waals surface area contributed by atoms with Gasteiger partial charge >= 0.3 is 6.18 Å². The molecule has 0 radical (unpaired) electrons. The molecule has 5 nitrogen and oxygen atoms in total. The van der Waals surface area contributed by atoms with Gasteiger partial charge in [-0.15, -0.1) is 0 Å². The van der Waals surface area contributed by atoms with Crippen LogP contribution in [-0.4, -0.2) is 21.7 Å². The van der Waals surface area contributed by atoms with Crippen molar-refractivity contribution in [2.45, 2.75) is 44.8 Å². The summed E-state index contributed by atoms with van der Waals surface area (Å²) in [6.07, 6.45) is -0.948. The zero-order valence-electron chi connectivity index (χ0n) is 14.1. The van der Waals surface area contributed by atoms with Crippen LogP contribution in [0.4, 0.5) is 13.2 Å². The van der Waals surface area contributed by atoms with Crippen LogP contribution in [0.25, 0.3) is 5.69 Å². The number of amides is 1. The molecule has 26 heavy (non-hydrogen) atoms. The van der Waals surface area contributed by atoms with Gasteiger partial charge in [0.25, 0.3) is 5.91 Å². The maximum atomic E-state index is 13.3. The Morgan fingerprint density at radius 2 is 1.88 bits per heavy atom. The lowest BCUT2D eigenvalue weighted by Gasteiger charge is -2.17. The topological polar surface area (TPSA) is 64.0 Å². The summed E-state index contributed by atoms with van der Waals surface area (Å²) in [4.78, 5) is 24.6. The van der Waals surface area contributed by atoms with Crippen molar-refractivity contribution in [3.05, 3.63) is 57.5 Å². The van der Waals surface area contributed by atoms with Gasteiger partial charge in [0.1, 0.15) is 0 Å². The number of benzene rings is 1. The number of alkyl halides is 3. The van der Waals surface area contributed by atoms with Crippen LogP contribution in [0.2, 0.25) is 0 Å². The second-order valence-corrected chi connectivity index (χ2v) is 6.38. The Bertz CT molecular complexity index is 884. The summed E-state index contributed by atoms with van der Waals surface area (Å²) < 4.78 is 40.9. The van der Waals surface area contributed by atoms with Crippen LogP contribution < -0.4 is 10.7 Å². The van der Waals surface area contributed by atoms with Gasteiger partial charge in [-0.3, -0.25) is 9.59 Å². The number of hydrogen-bond acceptors (Lipinski definition) is 3. The molecule has 0 bridgehead atoms. The zero-order valence-corrected chi connectivity index (χ0v) is 14.1. The van der Waals surface area contributed by atoms with Gasteiger partial charge in [0.05, 0.1) is 11.3 Å². The lowest BCUT2D eigenvalue weighted by Crippen LogP contribution is -2.37. The highest BCUT2D eigenvalue weighted by molar-refractivity contribution is 5.92. The molecule has 1 aliphatic carbocycles. The van der Waals surface area contributed by atoms with Crippen LogP contribution in [0, 0.1) is 6.92 Å². The van der Waals surface area contributed by atoms with Gasteiger partial charge in [-0.25, -0.2) is 4.68 Å². The van der Waals surface area contributed by atoms with Crippen molar-refractivity contribution in [3.8, 4) is 5.69 Å². The van der Waals surface area contributed by atoms with E-state index in [0.717, 1.165) is 42.5 Å². The molecule has 1 aromatic carbocycles. The quantitative estimate of drug-likeness (QED) is 0.908. The van der Waals surface area contributed by atoms with Gasteiger partial charge in [-0.2, -0.15) is 18.3 Å². The summed E-state index contributed by atoms with van der Waals surface area (Å²) in [5.74, 6) is -0.653. The number of carbonyl (C=O) groups is 1. The van der Waals surface area contributed by atoms with Crippen molar-refractivity contribution in [2.24, 2.45) is 0 Å². The first-order chi connectivity index (χ1) is 12.3. The number of aryl methyl sites for hydroxylation is 1. The normalized spacial score (nSPS) is 15.2. The molecule has 1 saturated carbocycles. The number of nitrogens with one attached hydrogen (secondary N) is 1. The fourth-order valence-corrected chi connectivity index (χ4v) is 3.17. The largest absolute Gasteiger partial charge is 0.418 e. The molecule has 0 saturated heterocycles. The van der Waals surface area contributed by atoms with E-state index in [1.54, 1.807) is 0 Å². The molecule has 0 aliphatic heterocycles. The molecule has 1 aliphatic rings. The van der Waals surface area contributed by atoms with Crippen molar-refractivity contribution in [2.75, 3.05) is 0 Å². The first kappa shape index (κ1) is 18.2. The molecule has 0 unspecified atom stereocenters. The van der Waals surface area contributed by atoms with Crippen LogP contribution in [0.3, 0.4) is 0 Å². The Labute approximate surface area is 147 Å². The van der Waals surface area contributed by atoms with Crippen molar-refractivity contribution in [1.82, 2.24) is 15.1 Å². The SMILES string of the molecule is Cc1cc(=O)c(C(=O)NC2CCCC2)nn1-c1ccccc1C(F)(F)F. The minimum absolute atomic E-state index is 0.0269. The Balaban J connectivity index is 2.04. The molecule has 1 aromatic heterocycles. The fraction of sp³-hybridized carbons (Fsp3) is 0.389. The smallest absolute Gasteiger partial charge is 0.348 e. The second-order valence-electron chi connectivity index (χ2n) is 6.38. The van der Waals surface area contributed by atoms with E-state index in [1.807, 2.05) is 0 Å². The highest BCUT2D eigenvalue weighted by Gasteiger charge is 2.34. The minimum Gasteiger partial charge on any atom is -0.348 e. The van der Waals surface area contributed by atoms with Crippen molar-refractivity contribution in [3.63, 3.8) is 0 Å². The van der Waals surface area contributed by atoms with E-state index in [9.17, 15) is 22.8 Å². The van der Waals surface area contributed by atoms with Crippen LogP contribution in [-0.2, 0) is 6.18 Å². The fourth-order valence-electron chi connectivity index (χ4n) is 3.17. The average Bonchev–Trinajstić information content (AvgIpc) is 3.07. The van der Waals surface area contributed by atoms with Gasteiger partial charge in [-0.05, 0) is 31.9 Å². The summed E-state index contributed by atoms with van der Waals surface area (Å²) in [5.41, 5.74) is -1.92. The van der Waals surface area contributed by atoms with Crippen LogP contribution in [0.15, 0.2) is 35.1 Å². The Morgan fingerprint density at radius 3 is 2.54 bits per heavy atom. The number of halogens is 3. The van der Waals surface area contributed by atoms with Gasteiger partial charge in [-0.1, -0.05) is 25.0 Å². The molecular weight excluding hydrogens is 347 g/mol. The molecule has 8 heteroatoms. The molecule has 3 rings (SSSR count). The summed E-state index contributed by atoms with van der Waals surface area (Å²) in [7, 11) is 0. The lowest BCUT2D eigenvalue weighted by molar-refractivity contribution is -0.137. The summed E-state index contributed by atoms with van der Waals surface area (Å²) in [5, 5.41) is 6.69. The first-order valence-corrected chi connectivity index (χ1v) is 8.36. The standard InChI is InChI=1S/C18H18F3N3O2/c1-11-10-15(25)16(17(26)22-12-6-2-3-7-12)23-24(11)14-9-5-4-8-13(14)18(19,20)21/h4-5,8-10,12H,2-3,6-7H2,1H3,(H,22,26). The van der Waals surface area contributed by atoms with Crippen molar-refractivity contribution >= 4 is 5.91 Å². The van der Waals surface area contributed by atoms with E-state index < -0.39 is 28.8 Å². The predicted octanol–water partition coefficient (Wildman–Crippen LogP) is 3.23.